The van der Waals surface area contributed by atoms with Crippen molar-refractivity contribution in [1.29, 1.82) is 0 Å². The Hall–Kier alpha value is -0.990. The molecule has 0 spiro atoms. The Kier molecular flexibility index (Phi) is 8.51. The lowest BCUT2D eigenvalue weighted by Gasteiger charge is -2.31. The molecule has 0 saturated heterocycles. The lowest BCUT2D eigenvalue weighted by atomic mass is 9.96. The summed E-state index contributed by atoms with van der Waals surface area (Å²) in [5.74, 6) is 0.424. The highest BCUT2D eigenvalue weighted by Gasteiger charge is 2.26. The summed E-state index contributed by atoms with van der Waals surface area (Å²) in [6, 6.07) is -0.256. The fourth-order valence-electron chi connectivity index (χ4n) is 2.19. The maximum atomic E-state index is 12.0. The highest BCUT2D eigenvalue weighted by atomic mass is 16.3. The molecule has 0 rings (SSSR count). The molecule has 1 N–H and O–H groups in total. The summed E-state index contributed by atoms with van der Waals surface area (Å²) in [5.41, 5.74) is 0. The molecule has 0 aliphatic rings. The maximum Gasteiger partial charge on any atom is 0.222 e. The summed E-state index contributed by atoms with van der Waals surface area (Å²) in [5, 5.41) is 9.65. The van der Waals surface area contributed by atoms with E-state index in [4.69, 9.17) is 0 Å². The van der Waals surface area contributed by atoms with Crippen molar-refractivity contribution in [2.24, 2.45) is 5.92 Å². The summed E-state index contributed by atoms with van der Waals surface area (Å²) >= 11 is 0. The first-order valence-electron chi connectivity index (χ1n) is 7.09. The van der Waals surface area contributed by atoms with Gasteiger partial charge < -0.3 is 10.0 Å². The predicted molar refractivity (Wildman–Crippen MR) is 76.5 cm³/mol. The Morgan fingerprint density at radius 3 is 2.33 bits per heavy atom. The number of aliphatic hydroxyl groups excluding tert-OH is 1. The second kappa shape index (κ2) is 9.01. The van der Waals surface area contributed by atoms with E-state index in [0.29, 0.717) is 6.42 Å². The van der Waals surface area contributed by atoms with Gasteiger partial charge in [0, 0.05) is 13.5 Å². The van der Waals surface area contributed by atoms with Gasteiger partial charge in [0.15, 0.2) is 0 Å². The van der Waals surface area contributed by atoms with Gasteiger partial charge >= 0.3 is 0 Å². The second-order valence-corrected chi connectivity index (χ2v) is 5.14. The fourth-order valence-corrected chi connectivity index (χ4v) is 2.19. The lowest BCUT2D eigenvalue weighted by molar-refractivity contribution is -0.132. The van der Waals surface area contributed by atoms with Gasteiger partial charge in [0.1, 0.15) is 5.76 Å². The van der Waals surface area contributed by atoms with Gasteiger partial charge in [-0.2, -0.15) is 0 Å². The number of aliphatic hydroxyl groups is 1. The number of unbranched alkanes of at least 4 members (excludes halogenated alkanes) is 3. The van der Waals surface area contributed by atoms with E-state index in [1.54, 1.807) is 11.9 Å². The van der Waals surface area contributed by atoms with Crippen molar-refractivity contribution in [2.75, 3.05) is 7.05 Å². The monoisotopic (exact) mass is 255 g/mol. The van der Waals surface area contributed by atoms with Crippen LogP contribution in [0.15, 0.2) is 12.3 Å². The van der Waals surface area contributed by atoms with Crippen molar-refractivity contribution in [3.05, 3.63) is 12.3 Å². The number of carbonyl (C=O) groups is 1. The third-order valence-corrected chi connectivity index (χ3v) is 3.58. The van der Waals surface area contributed by atoms with Crippen molar-refractivity contribution in [3.63, 3.8) is 0 Å². The first kappa shape index (κ1) is 17.0. The number of nitrogens with zero attached hydrogens (tertiary/aromatic N) is 1. The molecule has 3 heteroatoms. The van der Waals surface area contributed by atoms with E-state index in [0.717, 1.165) is 19.3 Å². The quantitative estimate of drug-likeness (QED) is 0.501. The van der Waals surface area contributed by atoms with E-state index in [-0.39, 0.29) is 23.6 Å². The highest BCUT2D eigenvalue weighted by molar-refractivity contribution is 5.76. The van der Waals surface area contributed by atoms with Crippen LogP contribution in [0.5, 0.6) is 0 Å². The highest BCUT2D eigenvalue weighted by Crippen LogP contribution is 2.19. The van der Waals surface area contributed by atoms with Gasteiger partial charge in [0.2, 0.25) is 5.91 Å². The van der Waals surface area contributed by atoms with Crippen molar-refractivity contribution in [1.82, 2.24) is 4.90 Å². The van der Waals surface area contributed by atoms with Gasteiger partial charge in [-0.3, -0.25) is 4.79 Å². The average molecular weight is 255 g/mol. The van der Waals surface area contributed by atoms with Gasteiger partial charge in [0.25, 0.3) is 0 Å². The number of hydrogen-bond acceptors (Lipinski definition) is 2. The van der Waals surface area contributed by atoms with Crippen molar-refractivity contribution in [3.8, 4) is 0 Å². The maximum absolute atomic E-state index is 12.0. The molecule has 0 heterocycles. The summed E-state index contributed by atoms with van der Waals surface area (Å²) < 4.78 is 0. The normalized spacial score (nSPS) is 14.0. The van der Waals surface area contributed by atoms with Gasteiger partial charge in [-0.25, -0.2) is 0 Å². The summed E-state index contributed by atoms with van der Waals surface area (Å²) in [6.07, 6.45) is 5.87. The zero-order chi connectivity index (χ0) is 14.1. The average Bonchev–Trinajstić information content (AvgIpc) is 2.33. The minimum absolute atomic E-state index is 0.0914. The van der Waals surface area contributed by atoms with Crippen molar-refractivity contribution in [2.45, 2.75) is 65.3 Å². The van der Waals surface area contributed by atoms with E-state index in [2.05, 4.69) is 20.4 Å². The largest absolute Gasteiger partial charge is 0.511 e. The Bertz CT molecular complexity index is 263. The van der Waals surface area contributed by atoms with Gasteiger partial charge in [-0.05, 0) is 12.3 Å². The van der Waals surface area contributed by atoms with Gasteiger partial charge in [-0.1, -0.05) is 53.0 Å². The lowest BCUT2D eigenvalue weighted by Crippen LogP contribution is -2.42. The molecule has 0 aromatic rings. The molecule has 0 aromatic heterocycles. The minimum atomic E-state index is -0.256. The molecule has 0 saturated carbocycles. The third-order valence-electron chi connectivity index (χ3n) is 3.58. The first-order valence-corrected chi connectivity index (χ1v) is 7.09. The third kappa shape index (κ3) is 5.56. The van der Waals surface area contributed by atoms with E-state index in [1.165, 1.54) is 12.8 Å². The second-order valence-electron chi connectivity index (χ2n) is 5.14. The van der Waals surface area contributed by atoms with E-state index < -0.39 is 0 Å². The number of likely N-dealkylation sites (N-methyl/N-ethyl adjacent to an activating group) is 1. The Morgan fingerprint density at radius 2 is 1.89 bits per heavy atom. The molecule has 106 valence electrons. The summed E-state index contributed by atoms with van der Waals surface area (Å²) in [6.45, 7) is 9.85. The zero-order valence-electron chi connectivity index (χ0n) is 12.4. The van der Waals surface area contributed by atoms with Gasteiger partial charge in [-0.15, -0.1) is 0 Å². The Morgan fingerprint density at radius 1 is 1.28 bits per heavy atom. The standard InChI is InChI=1S/C15H29NO2/c1-6-8-9-10-11-14(18)16(5)15(13(4)17)12(3)7-2/h12,15,17H,4,6-11H2,1-3,5H3. The molecule has 0 aromatic carbocycles. The van der Waals surface area contributed by atoms with Crippen LogP contribution in [-0.2, 0) is 4.79 Å². The molecule has 0 aliphatic heterocycles. The zero-order valence-corrected chi connectivity index (χ0v) is 12.4. The molecule has 0 aliphatic carbocycles. The fraction of sp³-hybridized carbons (Fsp3) is 0.800. The Labute approximate surface area is 112 Å². The van der Waals surface area contributed by atoms with Crippen LogP contribution in [0.4, 0.5) is 0 Å². The van der Waals surface area contributed by atoms with Crippen LogP contribution in [-0.4, -0.2) is 29.0 Å². The topological polar surface area (TPSA) is 40.5 Å². The van der Waals surface area contributed by atoms with Gasteiger partial charge in [0.05, 0.1) is 6.04 Å². The number of amides is 1. The van der Waals surface area contributed by atoms with Crippen LogP contribution < -0.4 is 0 Å². The molecule has 3 nitrogen and oxygen atoms in total. The number of hydrogen-bond donors (Lipinski definition) is 1. The molecular formula is C15H29NO2. The van der Waals surface area contributed by atoms with Crippen LogP contribution in [0.25, 0.3) is 0 Å². The molecule has 2 unspecified atom stereocenters. The first-order chi connectivity index (χ1) is 8.45. The summed E-state index contributed by atoms with van der Waals surface area (Å²) in [7, 11) is 1.76. The van der Waals surface area contributed by atoms with Crippen molar-refractivity contribution >= 4 is 5.91 Å². The van der Waals surface area contributed by atoms with Crippen LogP contribution in [0, 0.1) is 5.92 Å². The van der Waals surface area contributed by atoms with Crippen molar-refractivity contribution < 1.29 is 9.90 Å². The molecule has 0 bridgehead atoms. The number of rotatable bonds is 9. The SMILES string of the molecule is C=C(O)C(C(C)CC)N(C)C(=O)CCCCCC. The van der Waals surface area contributed by atoms with Crippen LogP contribution in [0.2, 0.25) is 0 Å². The van der Waals surface area contributed by atoms with E-state index in [9.17, 15) is 9.90 Å². The molecule has 2 atom stereocenters. The molecule has 0 radical (unpaired) electrons. The van der Waals surface area contributed by atoms with Crippen LogP contribution in [0.1, 0.15) is 59.3 Å². The predicted octanol–water partition coefficient (Wildman–Crippen LogP) is 3.90. The van der Waals surface area contributed by atoms with Crippen LogP contribution in [0.3, 0.4) is 0 Å². The molecule has 18 heavy (non-hydrogen) atoms. The minimum Gasteiger partial charge on any atom is -0.511 e. The smallest absolute Gasteiger partial charge is 0.222 e. The summed E-state index contributed by atoms with van der Waals surface area (Å²) in [4.78, 5) is 13.7. The number of carbonyl (C=O) groups excluding carboxylic acids is 1. The Balaban J connectivity index is 4.34. The molecular weight excluding hydrogens is 226 g/mol. The van der Waals surface area contributed by atoms with E-state index >= 15 is 0 Å². The van der Waals surface area contributed by atoms with E-state index in [1.807, 2.05) is 6.92 Å². The van der Waals surface area contributed by atoms with Crippen LogP contribution >= 0.6 is 0 Å². The molecule has 0 fully saturated rings. The molecule has 1 amide bonds.